The van der Waals surface area contributed by atoms with Crippen LogP contribution in [-0.2, 0) is 18.7 Å². The minimum Gasteiger partial charge on any atom is -0.370 e. The first-order valence-corrected chi connectivity index (χ1v) is 8.60. The summed E-state index contributed by atoms with van der Waals surface area (Å²) in [5.74, 6) is 2.91. The van der Waals surface area contributed by atoms with E-state index >= 15 is 0 Å². The van der Waals surface area contributed by atoms with Crippen molar-refractivity contribution in [3.8, 4) is 0 Å². The first-order valence-electron chi connectivity index (χ1n) is 7.61. The number of pyridine rings is 1. The van der Waals surface area contributed by atoms with Gasteiger partial charge in [-0.1, -0.05) is 24.2 Å². The Morgan fingerprint density at radius 1 is 1.24 bits per heavy atom. The zero-order valence-corrected chi connectivity index (χ0v) is 13.2. The van der Waals surface area contributed by atoms with Crippen molar-refractivity contribution in [3.05, 3.63) is 29.7 Å². The van der Waals surface area contributed by atoms with Crippen LogP contribution in [0.4, 0.5) is 5.82 Å². The molecule has 21 heavy (non-hydrogen) atoms. The zero-order chi connectivity index (χ0) is 14.5. The number of aromatic nitrogens is 4. The van der Waals surface area contributed by atoms with Gasteiger partial charge in [0.1, 0.15) is 11.6 Å². The van der Waals surface area contributed by atoms with Crippen LogP contribution in [0.15, 0.2) is 23.4 Å². The van der Waals surface area contributed by atoms with Gasteiger partial charge in [0.05, 0.1) is 5.69 Å². The van der Waals surface area contributed by atoms with Crippen LogP contribution in [-0.4, -0.2) is 26.3 Å². The molecule has 1 aliphatic rings. The van der Waals surface area contributed by atoms with Crippen molar-refractivity contribution in [2.75, 3.05) is 11.9 Å². The van der Waals surface area contributed by atoms with Crippen LogP contribution in [0.5, 0.6) is 0 Å². The van der Waals surface area contributed by atoms with Gasteiger partial charge in [0.2, 0.25) is 0 Å². The lowest BCUT2D eigenvalue weighted by molar-refractivity contribution is 0.591. The summed E-state index contributed by atoms with van der Waals surface area (Å²) in [6, 6.07) is 6.11. The molecular formula is C15H21N5S. The van der Waals surface area contributed by atoms with Crippen molar-refractivity contribution in [1.29, 1.82) is 0 Å². The van der Waals surface area contributed by atoms with E-state index in [1.165, 1.54) is 19.3 Å². The molecule has 0 saturated heterocycles. The SMILES string of the molecule is CCNc1cccc(CSc2nnc3n2CCCCC3)n1. The highest BCUT2D eigenvalue weighted by Gasteiger charge is 2.15. The van der Waals surface area contributed by atoms with Crippen molar-refractivity contribution < 1.29 is 0 Å². The first kappa shape index (κ1) is 14.4. The van der Waals surface area contributed by atoms with Gasteiger partial charge in [-0.2, -0.15) is 0 Å². The fourth-order valence-electron chi connectivity index (χ4n) is 2.54. The molecule has 0 unspecified atom stereocenters. The summed E-state index contributed by atoms with van der Waals surface area (Å²) < 4.78 is 2.28. The van der Waals surface area contributed by atoms with E-state index in [-0.39, 0.29) is 0 Å². The van der Waals surface area contributed by atoms with Crippen molar-refractivity contribution in [2.45, 2.75) is 50.1 Å². The monoisotopic (exact) mass is 303 g/mol. The Morgan fingerprint density at radius 2 is 2.19 bits per heavy atom. The minimum atomic E-state index is 0.831. The number of hydrogen-bond donors (Lipinski definition) is 1. The molecule has 0 atom stereocenters. The topological polar surface area (TPSA) is 55.6 Å². The number of hydrogen-bond acceptors (Lipinski definition) is 5. The molecule has 0 bridgehead atoms. The number of nitrogens with zero attached hydrogens (tertiary/aromatic N) is 4. The Balaban J connectivity index is 1.67. The summed E-state index contributed by atoms with van der Waals surface area (Å²) in [6.45, 7) is 4.02. The molecule has 0 aliphatic carbocycles. The fourth-order valence-corrected chi connectivity index (χ4v) is 3.43. The predicted molar refractivity (Wildman–Crippen MR) is 85.5 cm³/mol. The minimum absolute atomic E-state index is 0.831. The number of anilines is 1. The lowest BCUT2D eigenvalue weighted by Gasteiger charge is -2.07. The summed E-state index contributed by atoms with van der Waals surface area (Å²) in [5, 5.41) is 13.0. The van der Waals surface area contributed by atoms with Gasteiger partial charge < -0.3 is 9.88 Å². The smallest absolute Gasteiger partial charge is 0.191 e. The van der Waals surface area contributed by atoms with E-state index in [0.717, 1.165) is 47.8 Å². The predicted octanol–water partition coefficient (Wildman–Crippen LogP) is 3.12. The highest BCUT2D eigenvalue weighted by Crippen LogP contribution is 2.24. The highest BCUT2D eigenvalue weighted by molar-refractivity contribution is 7.98. The van der Waals surface area contributed by atoms with Gasteiger partial charge in [0, 0.05) is 25.3 Å². The van der Waals surface area contributed by atoms with Crippen molar-refractivity contribution in [1.82, 2.24) is 19.7 Å². The number of aryl methyl sites for hydroxylation is 1. The number of nitrogens with one attached hydrogen (secondary N) is 1. The molecule has 0 fully saturated rings. The van der Waals surface area contributed by atoms with Crippen molar-refractivity contribution >= 4 is 17.6 Å². The van der Waals surface area contributed by atoms with E-state index < -0.39 is 0 Å². The number of fused-ring (bicyclic) bond motifs is 1. The van der Waals surface area contributed by atoms with Gasteiger partial charge in [-0.25, -0.2) is 4.98 Å². The lowest BCUT2D eigenvalue weighted by atomic mass is 10.2. The summed E-state index contributed by atoms with van der Waals surface area (Å²) in [7, 11) is 0. The van der Waals surface area contributed by atoms with Crippen molar-refractivity contribution in [3.63, 3.8) is 0 Å². The second-order valence-electron chi connectivity index (χ2n) is 5.19. The average molecular weight is 303 g/mol. The van der Waals surface area contributed by atoms with Gasteiger partial charge in [-0.05, 0) is 31.9 Å². The van der Waals surface area contributed by atoms with Gasteiger partial charge in [-0.3, -0.25) is 0 Å². The summed E-state index contributed by atoms with van der Waals surface area (Å²) >= 11 is 1.73. The number of rotatable bonds is 5. The quantitative estimate of drug-likeness (QED) is 0.860. The van der Waals surface area contributed by atoms with E-state index in [9.17, 15) is 0 Å². The molecular weight excluding hydrogens is 282 g/mol. The maximum absolute atomic E-state index is 4.60. The molecule has 5 nitrogen and oxygen atoms in total. The van der Waals surface area contributed by atoms with Crippen molar-refractivity contribution in [2.24, 2.45) is 0 Å². The van der Waals surface area contributed by atoms with Crippen LogP contribution in [0.25, 0.3) is 0 Å². The molecule has 3 heterocycles. The Hall–Kier alpha value is -1.56. The molecule has 2 aromatic rings. The second kappa shape index (κ2) is 6.93. The van der Waals surface area contributed by atoms with E-state index in [4.69, 9.17) is 0 Å². The molecule has 3 rings (SSSR count). The highest BCUT2D eigenvalue weighted by atomic mass is 32.2. The van der Waals surface area contributed by atoms with Crippen LogP contribution < -0.4 is 5.32 Å². The fraction of sp³-hybridized carbons (Fsp3) is 0.533. The Bertz CT molecular complexity index is 595. The molecule has 2 aromatic heterocycles. The first-order chi connectivity index (χ1) is 10.4. The molecule has 1 N–H and O–H groups in total. The standard InChI is InChI=1S/C15H21N5S/c1-2-16-13-8-6-7-12(17-13)11-21-15-19-18-14-9-4-3-5-10-20(14)15/h6-8H,2-5,9-11H2,1H3,(H,16,17). The Kier molecular flexibility index (Phi) is 4.75. The molecule has 1 aliphatic heterocycles. The summed E-state index contributed by atoms with van der Waals surface area (Å²) in [5.41, 5.74) is 1.07. The number of thioether (sulfide) groups is 1. The van der Waals surface area contributed by atoms with E-state index in [1.54, 1.807) is 11.8 Å². The van der Waals surface area contributed by atoms with Crippen LogP contribution in [0.1, 0.15) is 37.7 Å². The molecule has 0 amide bonds. The third-order valence-electron chi connectivity index (χ3n) is 3.59. The summed E-state index contributed by atoms with van der Waals surface area (Å²) in [6.07, 6.45) is 4.81. The third-order valence-corrected chi connectivity index (χ3v) is 4.59. The van der Waals surface area contributed by atoms with Crippen LogP contribution in [0.3, 0.4) is 0 Å². The Labute approximate surface area is 129 Å². The van der Waals surface area contributed by atoms with E-state index in [2.05, 4.69) is 38.1 Å². The molecule has 0 saturated carbocycles. The van der Waals surface area contributed by atoms with E-state index in [1.807, 2.05) is 12.1 Å². The maximum Gasteiger partial charge on any atom is 0.191 e. The molecule has 6 heteroatoms. The maximum atomic E-state index is 4.60. The van der Waals surface area contributed by atoms with Crippen LogP contribution in [0.2, 0.25) is 0 Å². The van der Waals surface area contributed by atoms with Crippen LogP contribution >= 0.6 is 11.8 Å². The molecule has 0 aromatic carbocycles. The second-order valence-corrected chi connectivity index (χ2v) is 6.14. The van der Waals surface area contributed by atoms with Crippen LogP contribution in [0, 0.1) is 0 Å². The van der Waals surface area contributed by atoms with Gasteiger partial charge in [0.15, 0.2) is 5.16 Å². The molecule has 0 radical (unpaired) electrons. The van der Waals surface area contributed by atoms with Gasteiger partial charge in [0.25, 0.3) is 0 Å². The Morgan fingerprint density at radius 3 is 3.10 bits per heavy atom. The average Bonchev–Trinajstić information content (AvgIpc) is 2.73. The largest absolute Gasteiger partial charge is 0.370 e. The normalized spacial score (nSPS) is 14.5. The lowest BCUT2D eigenvalue weighted by Crippen LogP contribution is -2.03. The molecule has 112 valence electrons. The van der Waals surface area contributed by atoms with Gasteiger partial charge in [-0.15, -0.1) is 10.2 Å². The third kappa shape index (κ3) is 3.56. The molecule has 0 spiro atoms. The summed E-state index contributed by atoms with van der Waals surface area (Å²) in [4.78, 5) is 4.60. The van der Waals surface area contributed by atoms with Gasteiger partial charge >= 0.3 is 0 Å². The zero-order valence-electron chi connectivity index (χ0n) is 12.4. The van der Waals surface area contributed by atoms with E-state index in [0.29, 0.717) is 0 Å².